The standard InChI is InChI=1S/C48H40N2/c1-47(2,3)37-29-23-33(24-30-37)21-27-35-13-11-19-43-45(35)39-15-7-9-17-41(39)49(43)50-42-18-10-8-16-40(42)46-36(14-12-20-44(46)50)28-22-34-25-31-38(32-26-34)48(4,5)6/h7-20,23-26,29-32H,1-6H3. The molecule has 50 heavy (non-hydrogen) atoms. The summed E-state index contributed by atoms with van der Waals surface area (Å²) in [5.41, 5.74) is 11.4. The van der Waals surface area contributed by atoms with Crippen LogP contribution in [-0.4, -0.2) is 9.35 Å². The van der Waals surface area contributed by atoms with Crippen molar-refractivity contribution in [3.05, 3.63) is 167 Å². The summed E-state index contributed by atoms with van der Waals surface area (Å²) < 4.78 is 4.72. The molecular formula is C48H40N2. The molecule has 0 aliphatic heterocycles. The summed E-state index contributed by atoms with van der Waals surface area (Å²) in [5.74, 6) is 14.0. The summed E-state index contributed by atoms with van der Waals surface area (Å²) in [7, 11) is 0. The molecule has 6 aromatic carbocycles. The first-order valence-corrected chi connectivity index (χ1v) is 17.4. The maximum Gasteiger partial charge on any atom is 0.0728 e. The molecular weight excluding hydrogens is 605 g/mol. The van der Waals surface area contributed by atoms with E-state index in [-0.39, 0.29) is 10.8 Å². The summed E-state index contributed by atoms with van der Waals surface area (Å²) in [5, 5.41) is 4.66. The van der Waals surface area contributed by atoms with Crippen molar-refractivity contribution < 1.29 is 0 Å². The molecule has 2 heteroatoms. The highest BCUT2D eigenvalue weighted by molar-refractivity contribution is 6.14. The molecule has 0 fully saturated rings. The molecule has 0 unspecified atom stereocenters. The van der Waals surface area contributed by atoms with Crippen LogP contribution in [0.15, 0.2) is 133 Å². The van der Waals surface area contributed by atoms with Gasteiger partial charge < -0.3 is 0 Å². The van der Waals surface area contributed by atoms with Gasteiger partial charge in [0, 0.05) is 43.8 Å². The molecule has 0 amide bonds. The van der Waals surface area contributed by atoms with E-state index in [1.165, 1.54) is 21.9 Å². The van der Waals surface area contributed by atoms with E-state index in [4.69, 9.17) is 0 Å². The lowest BCUT2D eigenvalue weighted by molar-refractivity contribution is 0.590. The Morgan fingerprint density at radius 3 is 1.10 bits per heavy atom. The highest BCUT2D eigenvalue weighted by Crippen LogP contribution is 2.37. The average Bonchev–Trinajstić information content (AvgIpc) is 3.62. The molecule has 2 nitrogen and oxygen atoms in total. The van der Waals surface area contributed by atoms with Crippen LogP contribution in [0, 0.1) is 23.7 Å². The van der Waals surface area contributed by atoms with Crippen LogP contribution in [0.25, 0.3) is 43.6 Å². The zero-order valence-corrected chi connectivity index (χ0v) is 29.6. The van der Waals surface area contributed by atoms with Gasteiger partial charge in [-0.15, -0.1) is 0 Å². The molecule has 0 spiro atoms. The van der Waals surface area contributed by atoms with Gasteiger partial charge >= 0.3 is 0 Å². The summed E-state index contributed by atoms with van der Waals surface area (Å²) in [4.78, 5) is 0. The Hall–Kier alpha value is -5.96. The van der Waals surface area contributed by atoms with Gasteiger partial charge in [0.1, 0.15) is 0 Å². The van der Waals surface area contributed by atoms with E-state index in [9.17, 15) is 0 Å². The summed E-state index contributed by atoms with van der Waals surface area (Å²) in [6, 6.07) is 47.6. The van der Waals surface area contributed by atoms with Crippen molar-refractivity contribution in [2.24, 2.45) is 0 Å². The smallest absolute Gasteiger partial charge is 0.0728 e. The third-order valence-electron chi connectivity index (χ3n) is 9.73. The van der Waals surface area contributed by atoms with Gasteiger partial charge in [-0.05, 0) is 82.6 Å². The lowest BCUT2D eigenvalue weighted by atomic mass is 9.87. The molecule has 0 bridgehead atoms. The van der Waals surface area contributed by atoms with Gasteiger partial charge in [-0.1, -0.05) is 138 Å². The van der Waals surface area contributed by atoms with Gasteiger partial charge in [-0.2, -0.15) is 0 Å². The second-order valence-corrected chi connectivity index (χ2v) is 15.2. The number of rotatable bonds is 1. The maximum atomic E-state index is 3.55. The Labute approximate surface area is 295 Å². The molecule has 0 saturated carbocycles. The van der Waals surface area contributed by atoms with Gasteiger partial charge in [0.15, 0.2) is 0 Å². The molecule has 2 heterocycles. The lowest BCUT2D eigenvalue weighted by Crippen LogP contribution is -2.10. The molecule has 242 valence electrons. The molecule has 0 radical (unpaired) electrons. The molecule has 0 aliphatic carbocycles. The Morgan fingerprint density at radius 1 is 0.360 bits per heavy atom. The molecule has 0 N–H and O–H groups in total. The normalized spacial score (nSPS) is 11.9. The molecule has 2 aromatic heterocycles. The monoisotopic (exact) mass is 644 g/mol. The van der Waals surface area contributed by atoms with Crippen molar-refractivity contribution in [3.8, 4) is 23.7 Å². The Balaban J connectivity index is 1.32. The quantitative estimate of drug-likeness (QED) is 0.157. The Kier molecular flexibility index (Phi) is 7.44. The molecule has 0 aliphatic rings. The van der Waals surface area contributed by atoms with Crippen LogP contribution in [0.4, 0.5) is 0 Å². The van der Waals surface area contributed by atoms with Crippen molar-refractivity contribution in [2.75, 3.05) is 0 Å². The lowest BCUT2D eigenvalue weighted by Gasteiger charge is -2.18. The van der Waals surface area contributed by atoms with Gasteiger partial charge in [-0.25, -0.2) is 9.35 Å². The summed E-state index contributed by atoms with van der Waals surface area (Å²) in [6.07, 6.45) is 0. The minimum Gasteiger partial charge on any atom is -0.248 e. The van der Waals surface area contributed by atoms with E-state index in [0.717, 1.165) is 55.1 Å². The number of hydrogen-bond acceptors (Lipinski definition) is 0. The van der Waals surface area contributed by atoms with Crippen LogP contribution in [0.2, 0.25) is 0 Å². The van der Waals surface area contributed by atoms with Crippen LogP contribution in [0.3, 0.4) is 0 Å². The van der Waals surface area contributed by atoms with Crippen LogP contribution in [0.5, 0.6) is 0 Å². The second-order valence-electron chi connectivity index (χ2n) is 15.2. The van der Waals surface area contributed by atoms with Crippen LogP contribution >= 0.6 is 0 Å². The number of benzene rings is 6. The van der Waals surface area contributed by atoms with Gasteiger partial charge in [-0.3, -0.25) is 0 Å². The number of nitrogens with zero attached hydrogens (tertiary/aromatic N) is 2. The fraction of sp³-hybridized carbons (Fsp3) is 0.167. The predicted octanol–water partition coefficient (Wildman–Crippen LogP) is 11.6. The fourth-order valence-corrected chi connectivity index (χ4v) is 7.02. The number of aromatic nitrogens is 2. The van der Waals surface area contributed by atoms with E-state index < -0.39 is 0 Å². The maximum absolute atomic E-state index is 3.55. The summed E-state index contributed by atoms with van der Waals surface area (Å²) in [6.45, 7) is 13.4. The van der Waals surface area contributed by atoms with Crippen LogP contribution in [-0.2, 0) is 10.8 Å². The molecule has 8 rings (SSSR count). The highest BCUT2D eigenvalue weighted by Gasteiger charge is 2.20. The van der Waals surface area contributed by atoms with Crippen molar-refractivity contribution in [3.63, 3.8) is 0 Å². The zero-order valence-electron chi connectivity index (χ0n) is 29.6. The first kappa shape index (κ1) is 31.3. The van der Waals surface area contributed by atoms with Gasteiger partial charge in [0.2, 0.25) is 0 Å². The molecule has 0 atom stereocenters. The van der Waals surface area contributed by atoms with Crippen molar-refractivity contribution in [1.29, 1.82) is 0 Å². The molecule has 0 saturated heterocycles. The Bertz CT molecular complexity index is 2500. The van der Waals surface area contributed by atoms with Crippen molar-refractivity contribution >= 4 is 43.6 Å². The summed E-state index contributed by atoms with van der Waals surface area (Å²) >= 11 is 0. The minimum absolute atomic E-state index is 0.109. The largest absolute Gasteiger partial charge is 0.248 e. The van der Waals surface area contributed by atoms with Gasteiger partial charge in [0.05, 0.1) is 22.1 Å². The van der Waals surface area contributed by atoms with Crippen LogP contribution in [0.1, 0.15) is 74.9 Å². The van der Waals surface area contributed by atoms with E-state index >= 15 is 0 Å². The minimum atomic E-state index is 0.109. The SMILES string of the molecule is CC(C)(C)c1ccc(C#Cc2cccc3c2c2ccccc2n3-n2c3ccccc3c3c(C#Cc4ccc(C(C)(C)C)cc4)cccc32)cc1. The topological polar surface area (TPSA) is 9.86 Å². The number of para-hydroxylation sites is 2. The van der Waals surface area contributed by atoms with E-state index in [1.807, 2.05) is 0 Å². The zero-order chi connectivity index (χ0) is 34.6. The predicted molar refractivity (Wildman–Crippen MR) is 212 cm³/mol. The van der Waals surface area contributed by atoms with E-state index in [0.29, 0.717) is 0 Å². The highest BCUT2D eigenvalue weighted by atomic mass is 15.5. The third-order valence-corrected chi connectivity index (χ3v) is 9.73. The number of fused-ring (bicyclic) bond motifs is 6. The fourth-order valence-electron chi connectivity index (χ4n) is 7.02. The van der Waals surface area contributed by atoms with E-state index in [2.05, 4.69) is 208 Å². The van der Waals surface area contributed by atoms with E-state index in [1.54, 1.807) is 0 Å². The first-order chi connectivity index (χ1) is 24.1. The Morgan fingerprint density at radius 2 is 0.720 bits per heavy atom. The molecule has 8 aromatic rings. The van der Waals surface area contributed by atoms with Crippen molar-refractivity contribution in [2.45, 2.75) is 52.4 Å². The third kappa shape index (κ3) is 5.44. The second kappa shape index (κ2) is 11.9. The first-order valence-electron chi connectivity index (χ1n) is 17.4. The number of hydrogen-bond donors (Lipinski definition) is 0. The van der Waals surface area contributed by atoms with Crippen molar-refractivity contribution in [1.82, 2.24) is 9.35 Å². The average molecular weight is 645 g/mol. The van der Waals surface area contributed by atoms with Gasteiger partial charge in [0.25, 0.3) is 0 Å². The van der Waals surface area contributed by atoms with Crippen LogP contribution < -0.4 is 0 Å².